The Morgan fingerprint density at radius 1 is 0.895 bits per heavy atom. The summed E-state index contributed by atoms with van der Waals surface area (Å²) in [6, 6.07) is 31.2. The van der Waals surface area contributed by atoms with Crippen LogP contribution in [0.25, 0.3) is 12.2 Å². The number of allylic oxidation sites excluding steroid dienone is 1. The average molecular weight is 520 g/mol. The van der Waals surface area contributed by atoms with Gasteiger partial charge in [0.15, 0.2) is 5.17 Å². The van der Waals surface area contributed by atoms with Crippen LogP contribution >= 0.6 is 11.8 Å². The second-order valence-electron chi connectivity index (χ2n) is 8.34. The molecule has 0 unspecified atom stereocenters. The Morgan fingerprint density at radius 3 is 2.47 bits per heavy atom. The van der Waals surface area contributed by atoms with Crippen molar-refractivity contribution in [2.24, 2.45) is 10.2 Å². The second-order valence-corrected chi connectivity index (χ2v) is 9.35. The third kappa shape index (κ3) is 6.78. The molecule has 0 aliphatic carbocycles. The first-order valence-electron chi connectivity index (χ1n) is 12.1. The molecule has 1 saturated heterocycles. The maximum Gasteiger partial charge on any atom is 0.267 e. The molecule has 0 N–H and O–H groups in total. The van der Waals surface area contributed by atoms with Crippen LogP contribution < -0.4 is 4.74 Å². The summed E-state index contributed by atoms with van der Waals surface area (Å²) in [7, 11) is 0. The van der Waals surface area contributed by atoms with Crippen LogP contribution in [0.3, 0.4) is 0 Å². The summed E-state index contributed by atoms with van der Waals surface area (Å²) in [5.41, 5.74) is 3.02. The zero-order chi connectivity index (χ0) is 26.0. The molecule has 1 amide bonds. The molecule has 0 spiro atoms. The number of ether oxygens (including phenoxy) is 1. The first-order chi connectivity index (χ1) is 18.7. The van der Waals surface area contributed by atoms with Crippen LogP contribution in [0.2, 0.25) is 0 Å². The fourth-order valence-corrected chi connectivity index (χ4v) is 4.64. The van der Waals surface area contributed by atoms with Crippen LogP contribution in [0, 0.1) is 0 Å². The largest absolute Gasteiger partial charge is 0.489 e. The Morgan fingerprint density at radius 2 is 1.68 bits per heavy atom. The van der Waals surface area contributed by atoms with E-state index < -0.39 is 0 Å². The van der Waals surface area contributed by atoms with Gasteiger partial charge in [-0.3, -0.25) is 9.69 Å². The Kier molecular flexibility index (Phi) is 8.28. The molecule has 1 aromatic heterocycles. The van der Waals surface area contributed by atoms with E-state index in [1.54, 1.807) is 23.4 Å². The molecule has 0 atom stereocenters. The van der Waals surface area contributed by atoms with E-state index in [2.05, 4.69) is 10.2 Å². The molecular weight excluding hydrogens is 494 g/mol. The lowest BCUT2D eigenvalue weighted by molar-refractivity contribution is -0.122. The van der Waals surface area contributed by atoms with E-state index in [0.717, 1.165) is 22.4 Å². The van der Waals surface area contributed by atoms with Gasteiger partial charge in [0.25, 0.3) is 5.91 Å². The molecular formula is C31H25N3O3S. The van der Waals surface area contributed by atoms with Crippen molar-refractivity contribution in [3.63, 3.8) is 0 Å². The maximum absolute atomic E-state index is 13.3. The standard InChI is InChI=1S/C31H25N3O3S/c35-30-29(21-26-14-7-16-27(20-26)37-23-25-12-5-2-6-13-25)38-31(34(30)22-28-17-9-19-36-28)33-32-18-8-15-24-10-3-1-4-11-24/h1-21H,22-23H2/b15-8+,29-21-,32-18-,33-31+. The molecule has 2 heterocycles. The minimum Gasteiger partial charge on any atom is -0.489 e. The van der Waals surface area contributed by atoms with Gasteiger partial charge in [-0.2, -0.15) is 5.10 Å². The lowest BCUT2D eigenvalue weighted by Crippen LogP contribution is -2.28. The highest BCUT2D eigenvalue weighted by Crippen LogP contribution is 2.34. The van der Waals surface area contributed by atoms with E-state index in [4.69, 9.17) is 9.15 Å². The van der Waals surface area contributed by atoms with Gasteiger partial charge in [-0.15, -0.1) is 5.10 Å². The molecule has 6 nitrogen and oxygen atoms in total. The summed E-state index contributed by atoms with van der Waals surface area (Å²) in [6.07, 6.45) is 8.79. The number of rotatable bonds is 9. The van der Waals surface area contributed by atoms with E-state index in [1.807, 2.05) is 109 Å². The summed E-state index contributed by atoms with van der Waals surface area (Å²) < 4.78 is 11.4. The molecule has 1 aliphatic rings. The first-order valence-corrected chi connectivity index (χ1v) is 12.9. The van der Waals surface area contributed by atoms with Crippen molar-refractivity contribution < 1.29 is 13.9 Å². The molecule has 4 aromatic rings. The van der Waals surface area contributed by atoms with Gasteiger partial charge < -0.3 is 9.15 Å². The molecule has 1 aliphatic heterocycles. The Hall–Kier alpha value is -4.62. The van der Waals surface area contributed by atoms with E-state index in [9.17, 15) is 4.79 Å². The van der Waals surface area contributed by atoms with Crippen molar-refractivity contribution in [2.45, 2.75) is 13.2 Å². The molecule has 0 radical (unpaired) electrons. The van der Waals surface area contributed by atoms with Crippen molar-refractivity contribution in [2.75, 3.05) is 0 Å². The Labute approximate surface area is 225 Å². The SMILES string of the molecule is O=C1/C(=C/c2cccc(OCc3ccccc3)c2)S/C(=N/N=C\C=C\c2ccccc2)N1Cc1ccco1. The van der Waals surface area contributed by atoms with Crippen LogP contribution in [0.1, 0.15) is 22.5 Å². The predicted octanol–water partition coefficient (Wildman–Crippen LogP) is 7.03. The van der Waals surface area contributed by atoms with E-state index in [0.29, 0.717) is 22.4 Å². The molecule has 0 saturated carbocycles. The number of thioether (sulfide) groups is 1. The minimum absolute atomic E-state index is 0.157. The molecule has 0 bridgehead atoms. The van der Waals surface area contributed by atoms with Crippen LogP contribution in [0.5, 0.6) is 5.75 Å². The van der Waals surface area contributed by atoms with E-state index in [1.165, 1.54) is 11.8 Å². The summed E-state index contributed by atoms with van der Waals surface area (Å²) >= 11 is 1.28. The topological polar surface area (TPSA) is 67.4 Å². The summed E-state index contributed by atoms with van der Waals surface area (Å²) in [6.45, 7) is 0.740. The van der Waals surface area contributed by atoms with Gasteiger partial charge in [-0.25, -0.2) is 0 Å². The van der Waals surface area contributed by atoms with Crippen molar-refractivity contribution in [3.8, 4) is 5.75 Å². The number of hydrogen-bond acceptors (Lipinski definition) is 6. The van der Waals surface area contributed by atoms with E-state index in [-0.39, 0.29) is 12.5 Å². The van der Waals surface area contributed by atoms with Crippen LogP contribution in [-0.2, 0) is 17.9 Å². The second kappa shape index (κ2) is 12.6. The van der Waals surface area contributed by atoms with Crippen molar-refractivity contribution in [1.29, 1.82) is 0 Å². The van der Waals surface area contributed by atoms with Gasteiger partial charge in [-0.1, -0.05) is 78.9 Å². The minimum atomic E-state index is -0.157. The number of amides is 1. The molecule has 3 aromatic carbocycles. The third-order valence-electron chi connectivity index (χ3n) is 5.57. The number of nitrogens with zero attached hydrogens (tertiary/aromatic N) is 3. The first kappa shape index (κ1) is 25.0. The van der Waals surface area contributed by atoms with Gasteiger partial charge in [-0.05, 0) is 64.9 Å². The predicted molar refractivity (Wildman–Crippen MR) is 153 cm³/mol. The molecule has 38 heavy (non-hydrogen) atoms. The highest BCUT2D eigenvalue weighted by molar-refractivity contribution is 8.18. The average Bonchev–Trinajstić information content (AvgIpc) is 3.57. The van der Waals surface area contributed by atoms with Gasteiger partial charge in [0.1, 0.15) is 18.1 Å². The van der Waals surface area contributed by atoms with Gasteiger partial charge in [0.2, 0.25) is 0 Å². The van der Waals surface area contributed by atoms with Crippen LogP contribution in [0.4, 0.5) is 0 Å². The zero-order valence-corrected chi connectivity index (χ0v) is 21.3. The van der Waals surface area contributed by atoms with Crippen molar-refractivity contribution >= 4 is 41.2 Å². The Bertz CT molecular complexity index is 1480. The molecule has 188 valence electrons. The highest BCUT2D eigenvalue weighted by Gasteiger charge is 2.34. The fourth-order valence-electron chi connectivity index (χ4n) is 3.71. The number of benzene rings is 3. The number of furan rings is 1. The van der Waals surface area contributed by atoms with E-state index >= 15 is 0 Å². The number of amidine groups is 1. The normalized spacial score (nSPS) is 15.9. The maximum atomic E-state index is 13.3. The number of hydrogen-bond donors (Lipinski definition) is 0. The van der Waals surface area contributed by atoms with Crippen LogP contribution in [0.15, 0.2) is 129 Å². The monoisotopic (exact) mass is 519 g/mol. The van der Waals surface area contributed by atoms with Gasteiger partial charge in [0, 0.05) is 6.21 Å². The smallest absolute Gasteiger partial charge is 0.267 e. The molecule has 1 fully saturated rings. The fraction of sp³-hybridized carbons (Fsp3) is 0.0645. The van der Waals surface area contributed by atoms with Crippen molar-refractivity contribution in [3.05, 3.63) is 137 Å². The molecule has 7 heteroatoms. The van der Waals surface area contributed by atoms with Gasteiger partial charge >= 0.3 is 0 Å². The van der Waals surface area contributed by atoms with Crippen LogP contribution in [-0.4, -0.2) is 22.2 Å². The highest BCUT2D eigenvalue weighted by atomic mass is 32.2. The summed E-state index contributed by atoms with van der Waals surface area (Å²) in [5.74, 6) is 1.24. The number of carbonyl (C=O) groups is 1. The quantitative estimate of drug-likeness (QED) is 0.135. The molecule has 5 rings (SSSR count). The Balaban J connectivity index is 1.32. The van der Waals surface area contributed by atoms with Gasteiger partial charge in [0.05, 0.1) is 17.7 Å². The lowest BCUT2D eigenvalue weighted by Gasteiger charge is -2.12. The number of carbonyl (C=O) groups excluding carboxylic acids is 1. The summed E-state index contributed by atoms with van der Waals surface area (Å²) in [4.78, 5) is 15.5. The lowest BCUT2D eigenvalue weighted by atomic mass is 10.2. The third-order valence-corrected chi connectivity index (χ3v) is 6.57. The summed E-state index contributed by atoms with van der Waals surface area (Å²) in [5, 5.41) is 8.99. The zero-order valence-electron chi connectivity index (χ0n) is 20.5. The van der Waals surface area contributed by atoms with Crippen molar-refractivity contribution in [1.82, 2.24) is 4.90 Å².